The summed E-state index contributed by atoms with van der Waals surface area (Å²) in [6.07, 6.45) is 4.83. The van der Waals surface area contributed by atoms with Gasteiger partial charge in [-0.2, -0.15) is 0 Å². The van der Waals surface area contributed by atoms with Crippen LogP contribution >= 0.6 is 11.3 Å². The van der Waals surface area contributed by atoms with Gasteiger partial charge in [0.1, 0.15) is 5.00 Å². The number of allylic oxidation sites excluding steroid dienone is 2. The zero-order valence-electron chi connectivity index (χ0n) is 15.1. The number of amides is 1. The number of hydrogen-bond donors (Lipinski definition) is 1. The summed E-state index contributed by atoms with van der Waals surface area (Å²) in [7, 11) is -3.60. The molecule has 0 unspecified atom stereocenters. The van der Waals surface area contributed by atoms with E-state index in [2.05, 4.69) is 9.71 Å². The molecule has 0 atom stereocenters. The van der Waals surface area contributed by atoms with Crippen LogP contribution in [0.5, 0.6) is 0 Å². The maximum Gasteiger partial charge on any atom is 0.341 e. The van der Waals surface area contributed by atoms with Crippen molar-refractivity contribution in [2.45, 2.75) is 20.8 Å². The number of ether oxygens (including phenoxy) is 1. The van der Waals surface area contributed by atoms with Crippen LogP contribution in [0.25, 0.3) is 0 Å². The summed E-state index contributed by atoms with van der Waals surface area (Å²) in [4.78, 5) is 27.6. The number of esters is 1. The smallest absolute Gasteiger partial charge is 0.341 e. The molecule has 2 aliphatic heterocycles. The van der Waals surface area contributed by atoms with Gasteiger partial charge in [0.25, 0.3) is 15.9 Å². The highest BCUT2D eigenvalue weighted by Gasteiger charge is 2.31. The van der Waals surface area contributed by atoms with E-state index in [1.807, 2.05) is 6.92 Å². The van der Waals surface area contributed by atoms with Gasteiger partial charge in [-0.25, -0.2) is 13.2 Å². The fourth-order valence-electron chi connectivity index (χ4n) is 2.73. The Bertz CT molecular complexity index is 1000. The van der Waals surface area contributed by atoms with Crippen molar-refractivity contribution in [2.75, 3.05) is 24.2 Å². The number of carbonyl (C=O) groups is 2. The molecule has 0 fully saturated rings. The zero-order chi connectivity index (χ0) is 19.8. The fraction of sp³-hybridized carbons (Fsp3) is 0.353. The molecule has 10 heteroatoms. The van der Waals surface area contributed by atoms with Crippen molar-refractivity contribution in [3.63, 3.8) is 0 Å². The minimum atomic E-state index is -3.60. The Morgan fingerprint density at radius 1 is 1.37 bits per heavy atom. The molecule has 1 aromatic rings. The van der Waals surface area contributed by atoms with Crippen LogP contribution < -0.4 is 5.32 Å². The third-order valence-corrected chi connectivity index (χ3v) is 6.47. The van der Waals surface area contributed by atoms with E-state index in [4.69, 9.17) is 4.74 Å². The minimum Gasteiger partial charge on any atom is -0.462 e. The average molecular weight is 409 g/mol. The summed E-state index contributed by atoms with van der Waals surface area (Å²) >= 11 is 1.27. The van der Waals surface area contributed by atoms with Crippen molar-refractivity contribution in [3.05, 3.63) is 39.9 Å². The van der Waals surface area contributed by atoms with Crippen LogP contribution in [0, 0.1) is 13.8 Å². The number of amidine groups is 1. The zero-order valence-corrected chi connectivity index (χ0v) is 16.7. The first-order valence-electron chi connectivity index (χ1n) is 8.30. The molecule has 0 aliphatic carbocycles. The first-order valence-corrected chi connectivity index (χ1v) is 10.7. The number of anilines is 1. The van der Waals surface area contributed by atoms with Crippen LogP contribution in [-0.4, -0.2) is 49.9 Å². The first kappa shape index (κ1) is 19.3. The van der Waals surface area contributed by atoms with Crippen molar-refractivity contribution in [1.82, 2.24) is 4.90 Å². The van der Waals surface area contributed by atoms with E-state index in [-0.39, 0.29) is 30.3 Å². The summed E-state index contributed by atoms with van der Waals surface area (Å²) in [5.41, 5.74) is 1.18. The molecular weight excluding hydrogens is 390 g/mol. The number of fused-ring (bicyclic) bond motifs is 1. The summed E-state index contributed by atoms with van der Waals surface area (Å²) in [5, 5.41) is 3.09. The number of rotatable bonds is 4. The lowest BCUT2D eigenvalue weighted by Gasteiger charge is -2.28. The van der Waals surface area contributed by atoms with Crippen LogP contribution in [0.3, 0.4) is 0 Å². The Kier molecular flexibility index (Phi) is 5.20. The molecule has 0 aromatic carbocycles. The second-order valence-electron chi connectivity index (χ2n) is 5.98. The molecule has 1 amide bonds. The van der Waals surface area contributed by atoms with Crippen molar-refractivity contribution in [3.8, 4) is 0 Å². The van der Waals surface area contributed by atoms with E-state index in [0.29, 0.717) is 10.6 Å². The van der Waals surface area contributed by atoms with Crippen molar-refractivity contribution < 1.29 is 22.7 Å². The van der Waals surface area contributed by atoms with E-state index < -0.39 is 21.9 Å². The molecule has 1 aromatic heterocycles. The molecule has 3 rings (SSSR count). The maximum atomic E-state index is 12.8. The molecule has 0 bridgehead atoms. The van der Waals surface area contributed by atoms with Gasteiger partial charge >= 0.3 is 5.97 Å². The van der Waals surface area contributed by atoms with Gasteiger partial charge in [0.15, 0.2) is 5.84 Å². The van der Waals surface area contributed by atoms with Crippen LogP contribution in [0.15, 0.2) is 28.3 Å². The second-order valence-corrected chi connectivity index (χ2v) is 8.96. The molecule has 27 heavy (non-hydrogen) atoms. The fourth-order valence-corrected chi connectivity index (χ4v) is 4.76. The Morgan fingerprint density at radius 2 is 2.11 bits per heavy atom. The summed E-state index contributed by atoms with van der Waals surface area (Å²) < 4.78 is 32.5. The molecule has 2 aliphatic rings. The number of sulfonamides is 1. The Labute approximate surface area is 161 Å². The molecule has 0 spiro atoms. The predicted octanol–water partition coefficient (Wildman–Crippen LogP) is 1.98. The molecule has 0 radical (unpaired) electrons. The lowest BCUT2D eigenvalue weighted by Crippen LogP contribution is -2.40. The summed E-state index contributed by atoms with van der Waals surface area (Å²) in [6, 6.07) is 0. The van der Waals surface area contributed by atoms with Crippen LogP contribution in [0.2, 0.25) is 0 Å². The highest BCUT2D eigenvalue weighted by atomic mass is 32.2. The maximum absolute atomic E-state index is 12.8. The molecule has 3 heterocycles. The van der Waals surface area contributed by atoms with Gasteiger partial charge in [0, 0.05) is 17.6 Å². The van der Waals surface area contributed by atoms with Crippen molar-refractivity contribution in [2.24, 2.45) is 4.40 Å². The van der Waals surface area contributed by atoms with Crippen molar-refractivity contribution in [1.29, 1.82) is 0 Å². The van der Waals surface area contributed by atoms with Gasteiger partial charge in [-0.15, -0.1) is 15.7 Å². The van der Waals surface area contributed by atoms with E-state index in [9.17, 15) is 18.0 Å². The summed E-state index contributed by atoms with van der Waals surface area (Å²) in [6.45, 7) is 5.80. The number of hydrogen-bond acceptors (Lipinski definition) is 7. The van der Waals surface area contributed by atoms with Gasteiger partial charge in [-0.3, -0.25) is 4.79 Å². The highest BCUT2D eigenvalue weighted by Crippen LogP contribution is 2.33. The van der Waals surface area contributed by atoms with Crippen LogP contribution in [0.4, 0.5) is 5.00 Å². The third-order valence-electron chi connectivity index (χ3n) is 4.19. The lowest BCUT2D eigenvalue weighted by molar-refractivity contribution is -0.112. The van der Waals surface area contributed by atoms with Gasteiger partial charge in [-0.1, -0.05) is 0 Å². The predicted molar refractivity (Wildman–Crippen MR) is 104 cm³/mol. The SMILES string of the molecule is CCOC(=O)c1c(NC(=O)C2=CC=CN3CCS(=O)(=O)N=C23)sc(C)c1C. The number of nitrogens with zero attached hydrogens (tertiary/aromatic N) is 2. The van der Waals surface area contributed by atoms with Crippen molar-refractivity contribution >= 4 is 44.1 Å². The highest BCUT2D eigenvalue weighted by molar-refractivity contribution is 7.90. The topological polar surface area (TPSA) is 105 Å². The minimum absolute atomic E-state index is 0.0870. The largest absolute Gasteiger partial charge is 0.462 e. The summed E-state index contributed by atoms with van der Waals surface area (Å²) in [5.74, 6) is -1.06. The quantitative estimate of drug-likeness (QED) is 0.763. The molecule has 144 valence electrons. The van der Waals surface area contributed by atoms with Gasteiger partial charge in [-0.05, 0) is 38.5 Å². The monoisotopic (exact) mass is 409 g/mol. The average Bonchev–Trinajstić information content (AvgIpc) is 2.87. The number of nitrogens with one attached hydrogen (secondary N) is 1. The van der Waals surface area contributed by atoms with E-state index in [1.54, 1.807) is 31.0 Å². The molecular formula is C17H19N3O5S2. The second kappa shape index (κ2) is 7.28. The van der Waals surface area contributed by atoms with Gasteiger partial charge in [0.2, 0.25) is 0 Å². The number of thiophene rings is 1. The van der Waals surface area contributed by atoms with E-state index in [1.165, 1.54) is 17.4 Å². The van der Waals surface area contributed by atoms with Gasteiger partial charge in [0.05, 0.1) is 23.5 Å². The van der Waals surface area contributed by atoms with Crippen LogP contribution in [0.1, 0.15) is 27.7 Å². The Balaban J connectivity index is 1.93. The normalized spacial score (nSPS) is 17.7. The number of carbonyl (C=O) groups excluding carboxylic acids is 2. The van der Waals surface area contributed by atoms with E-state index in [0.717, 1.165) is 10.4 Å². The first-order chi connectivity index (χ1) is 12.7. The number of aryl methyl sites for hydroxylation is 1. The Morgan fingerprint density at radius 3 is 2.81 bits per heavy atom. The standard InChI is InChI=1S/C17H19N3O5S2/c1-4-25-17(22)13-10(2)11(3)26-16(13)18-15(21)12-6-5-7-20-8-9-27(23,24)19-14(12)20/h5-7H,4,8-9H2,1-3H3,(H,18,21). The van der Waals surface area contributed by atoms with Crippen LogP contribution in [-0.2, 0) is 19.6 Å². The Hall–Kier alpha value is -2.46. The molecule has 1 N–H and O–H groups in total. The third kappa shape index (κ3) is 3.81. The van der Waals surface area contributed by atoms with E-state index >= 15 is 0 Å². The lowest BCUT2D eigenvalue weighted by atomic mass is 10.1. The molecule has 0 saturated carbocycles. The van der Waals surface area contributed by atoms with Gasteiger partial charge < -0.3 is 15.0 Å². The molecule has 8 nitrogen and oxygen atoms in total. The molecule has 0 saturated heterocycles.